The van der Waals surface area contributed by atoms with Gasteiger partial charge >= 0.3 is 12.0 Å². The highest BCUT2D eigenvalue weighted by atomic mass is 32.1. The lowest BCUT2D eigenvalue weighted by atomic mass is 10.1. The summed E-state index contributed by atoms with van der Waals surface area (Å²) in [5.41, 5.74) is 0.0771. The Bertz CT molecular complexity index is 907. The van der Waals surface area contributed by atoms with Gasteiger partial charge in [0.1, 0.15) is 16.3 Å². The maximum atomic E-state index is 12.2. The van der Waals surface area contributed by atoms with Gasteiger partial charge in [0.05, 0.1) is 4.92 Å². The third-order valence-corrected chi connectivity index (χ3v) is 4.56. The number of carboxylic acids is 1. The second-order valence-electron chi connectivity index (χ2n) is 5.42. The SMILES string of the molecule is O=C(O)c1c(-c2ccc([N+](=O)[O-])cc2)nsc1NC(=O)N1CCCC1=O. The van der Waals surface area contributed by atoms with E-state index in [0.29, 0.717) is 12.0 Å². The molecule has 1 aromatic carbocycles. The number of nitrogens with zero attached hydrogens (tertiary/aromatic N) is 3. The summed E-state index contributed by atoms with van der Waals surface area (Å²) in [6.45, 7) is 0.279. The molecule has 0 radical (unpaired) electrons. The van der Waals surface area contributed by atoms with E-state index in [-0.39, 0.29) is 40.8 Å². The smallest absolute Gasteiger partial charge is 0.341 e. The Morgan fingerprint density at radius 3 is 2.54 bits per heavy atom. The first-order valence-electron chi connectivity index (χ1n) is 7.47. The van der Waals surface area contributed by atoms with Crippen LogP contribution in [0.3, 0.4) is 0 Å². The topological polar surface area (TPSA) is 143 Å². The Balaban J connectivity index is 1.91. The van der Waals surface area contributed by atoms with Crippen LogP contribution in [0.25, 0.3) is 11.3 Å². The number of amides is 3. The van der Waals surface area contributed by atoms with Gasteiger partial charge in [-0.25, -0.2) is 9.59 Å². The van der Waals surface area contributed by atoms with E-state index in [1.165, 1.54) is 24.3 Å². The van der Waals surface area contributed by atoms with E-state index >= 15 is 0 Å². The zero-order valence-corrected chi connectivity index (χ0v) is 14.0. The summed E-state index contributed by atoms with van der Waals surface area (Å²) in [4.78, 5) is 46.6. The number of carbonyl (C=O) groups is 3. The van der Waals surface area contributed by atoms with E-state index in [1.807, 2.05) is 0 Å². The number of urea groups is 1. The largest absolute Gasteiger partial charge is 0.478 e. The third kappa shape index (κ3) is 3.24. The standard InChI is InChI=1S/C15H12N4O6S/c20-10-2-1-7-18(10)15(23)16-13-11(14(21)22)12(17-26-13)8-3-5-9(6-4-8)19(24)25/h3-6H,1-2,7H2,(H,16,23)(H,21,22). The molecule has 11 heteroatoms. The van der Waals surface area contributed by atoms with Gasteiger partial charge in [-0.05, 0) is 30.1 Å². The van der Waals surface area contributed by atoms with Gasteiger partial charge in [0.25, 0.3) is 5.69 Å². The Morgan fingerprint density at radius 2 is 2.00 bits per heavy atom. The number of nitro benzene ring substituents is 1. The molecule has 3 rings (SSSR count). The third-order valence-electron chi connectivity index (χ3n) is 3.80. The van der Waals surface area contributed by atoms with Crippen LogP contribution in [0.15, 0.2) is 24.3 Å². The number of aromatic carboxylic acids is 1. The summed E-state index contributed by atoms with van der Waals surface area (Å²) in [7, 11) is 0. The molecule has 1 fully saturated rings. The molecule has 1 aliphatic rings. The van der Waals surface area contributed by atoms with Gasteiger partial charge in [-0.15, -0.1) is 0 Å². The van der Waals surface area contributed by atoms with Crippen LogP contribution in [0.2, 0.25) is 0 Å². The molecule has 0 bridgehead atoms. The number of nitro groups is 1. The monoisotopic (exact) mass is 376 g/mol. The highest BCUT2D eigenvalue weighted by molar-refractivity contribution is 7.11. The summed E-state index contributed by atoms with van der Waals surface area (Å²) in [6, 6.07) is 4.54. The quantitative estimate of drug-likeness (QED) is 0.616. The van der Waals surface area contributed by atoms with E-state index in [9.17, 15) is 29.6 Å². The van der Waals surface area contributed by atoms with E-state index in [4.69, 9.17) is 0 Å². The van der Waals surface area contributed by atoms with Gasteiger partial charge in [-0.1, -0.05) is 0 Å². The molecule has 10 nitrogen and oxygen atoms in total. The average Bonchev–Trinajstić information content (AvgIpc) is 3.21. The number of hydrogen-bond donors (Lipinski definition) is 2. The fraction of sp³-hybridized carbons (Fsp3) is 0.200. The first-order chi connectivity index (χ1) is 12.4. The number of non-ortho nitro benzene ring substituents is 1. The van der Waals surface area contributed by atoms with E-state index in [1.54, 1.807) is 0 Å². The number of aromatic nitrogens is 1. The molecule has 3 amide bonds. The van der Waals surface area contributed by atoms with Crippen molar-refractivity contribution in [3.05, 3.63) is 39.9 Å². The normalized spacial score (nSPS) is 13.7. The van der Waals surface area contributed by atoms with Gasteiger partial charge < -0.3 is 5.11 Å². The number of carbonyl (C=O) groups excluding carboxylic acids is 2. The van der Waals surface area contributed by atoms with Crippen LogP contribution in [-0.4, -0.2) is 43.8 Å². The predicted octanol–water partition coefficient (Wildman–Crippen LogP) is 2.57. The van der Waals surface area contributed by atoms with Crippen LogP contribution in [0.5, 0.6) is 0 Å². The fourth-order valence-corrected chi connectivity index (χ4v) is 3.33. The first kappa shape index (κ1) is 17.5. The summed E-state index contributed by atoms with van der Waals surface area (Å²) in [5.74, 6) is -1.63. The lowest BCUT2D eigenvalue weighted by Gasteiger charge is -2.13. The number of hydrogen-bond acceptors (Lipinski definition) is 7. The zero-order valence-electron chi connectivity index (χ0n) is 13.2. The molecular weight excluding hydrogens is 364 g/mol. The molecule has 2 N–H and O–H groups in total. The van der Waals surface area contributed by atoms with Crippen molar-refractivity contribution < 1.29 is 24.4 Å². The van der Waals surface area contributed by atoms with Crippen molar-refractivity contribution in [1.29, 1.82) is 0 Å². The molecule has 0 aliphatic carbocycles. The average molecular weight is 376 g/mol. The van der Waals surface area contributed by atoms with Crippen LogP contribution in [-0.2, 0) is 4.79 Å². The van der Waals surface area contributed by atoms with Crippen molar-refractivity contribution in [3.63, 3.8) is 0 Å². The van der Waals surface area contributed by atoms with Gasteiger partial charge in [0.2, 0.25) is 5.91 Å². The fourth-order valence-electron chi connectivity index (χ4n) is 2.54. The molecule has 134 valence electrons. The molecule has 1 aliphatic heterocycles. The number of carboxylic acid groups (broad SMARTS) is 1. The predicted molar refractivity (Wildman–Crippen MR) is 91.1 cm³/mol. The van der Waals surface area contributed by atoms with Gasteiger partial charge in [0, 0.05) is 30.7 Å². The molecule has 2 aromatic rings. The molecule has 1 aromatic heterocycles. The Morgan fingerprint density at radius 1 is 1.31 bits per heavy atom. The van der Waals surface area contributed by atoms with E-state index < -0.39 is 16.9 Å². The summed E-state index contributed by atoms with van der Waals surface area (Å²) in [5, 5.41) is 22.6. The van der Waals surface area contributed by atoms with Crippen molar-refractivity contribution in [1.82, 2.24) is 9.27 Å². The zero-order chi connectivity index (χ0) is 18.8. The van der Waals surface area contributed by atoms with Gasteiger partial charge in [-0.3, -0.25) is 25.1 Å². The molecule has 2 heterocycles. The Labute approximate surface area is 150 Å². The molecular formula is C15H12N4O6S. The number of anilines is 1. The number of benzene rings is 1. The van der Waals surface area contributed by atoms with Crippen molar-refractivity contribution in [3.8, 4) is 11.3 Å². The van der Waals surface area contributed by atoms with E-state index in [2.05, 4.69) is 9.69 Å². The molecule has 0 saturated carbocycles. The highest BCUT2D eigenvalue weighted by Crippen LogP contribution is 2.33. The summed E-state index contributed by atoms with van der Waals surface area (Å²) >= 11 is 0.764. The Hall–Kier alpha value is -3.34. The van der Waals surface area contributed by atoms with Crippen molar-refractivity contribution in [2.45, 2.75) is 12.8 Å². The molecule has 1 saturated heterocycles. The lowest BCUT2D eigenvalue weighted by molar-refractivity contribution is -0.384. The Kier molecular flexibility index (Phi) is 4.63. The van der Waals surface area contributed by atoms with Crippen LogP contribution >= 0.6 is 11.5 Å². The minimum Gasteiger partial charge on any atom is -0.478 e. The van der Waals surface area contributed by atoms with Crippen molar-refractivity contribution in [2.75, 3.05) is 11.9 Å². The van der Waals surface area contributed by atoms with Crippen LogP contribution in [0.4, 0.5) is 15.5 Å². The second kappa shape index (κ2) is 6.88. The maximum absolute atomic E-state index is 12.2. The van der Waals surface area contributed by atoms with Crippen molar-refractivity contribution >= 4 is 40.1 Å². The minimum absolute atomic E-state index is 0.00412. The summed E-state index contributed by atoms with van der Waals surface area (Å²) in [6.07, 6.45) is 0.838. The summed E-state index contributed by atoms with van der Waals surface area (Å²) < 4.78 is 4.05. The number of nitrogens with one attached hydrogen (secondary N) is 1. The van der Waals surface area contributed by atoms with Crippen LogP contribution < -0.4 is 5.32 Å². The van der Waals surface area contributed by atoms with Gasteiger partial charge in [-0.2, -0.15) is 4.37 Å². The molecule has 0 unspecified atom stereocenters. The van der Waals surface area contributed by atoms with Gasteiger partial charge in [0.15, 0.2) is 0 Å². The number of likely N-dealkylation sites (tertiary alicyclic amines) is 1. The minimum atomic E-state index is -1.31. The van der Waals surface area contributed by atoms with Crippen molar-refractivity contribution in [2.24, 2.45) is 0 Å². The number of rotatable bonds is 4. The number of imide groups is 1. The van der Waals surface area contributed by atoms with Crippen LogP contribution in [0.1, 0.15) is 23.2 Å². The first-order valence-corrected chi connectivity index (χ1v) is 8.25. The lowest BCUT2D eigenvalue weighted by Crippen LogP contribution is -2.35. The molecule has 0 atom stereocenters. The van der Waals surface area contributed by atoms with E-state index in [0.717, 1.165) is 16.4 Å². The molecule has 26 heavy (non-hydrogen) atoms. The second-order valence-corrected chi connectivity index (χ2v) is 6.20. The highest BCUT2D eigenvalue weighted by Gasteiger charge is 2.29. The molecule has 0 spiro atoms. The van der Waals surface area contributed by atoms with Crippen LogP contribution in [0, 0.1) is 10.1 Å². The maximum Gasteiger partial charge on any atom is 0.341 e.